The van der Waals surface area contributed by atoms with Crippen LogP contribution in [0.4, 0.5) is 0 Å². The molecule has 1 heterocycles. The molecule has 0 unspecified atom stereocenters. The third-order valence-electron chi connectivity index (χ3n) is 3.96. The summed E-state index contributed by atoms with van der Waals surface area (Å²) in [5.74, 6) is 2.45. The first-order valence-electron chi connectivity index (χ1n) is 4.73. The van der Waals surface area contributed by atoms with E-state index < -0.39 is 0 Å². The molecule has 0 aromatic heterocycles. The van der Waals surface area contributed by atoms with Crippen LogP contribution in [0.1, 0.15) is 19.3 Å². The summed E-state index contributed by atoms with van der Waals surface area (Å²) < 4.78 is 5.70. The number of ether oxygens (including phenoxy) is 1. The fourth-order valence-corrected chi connectivity index (χ4v) is 3.42. The van der Waals surface area contributed by atoms with E-state index in [2.05, 4.69) is 0 Å². The van der Waals surface area contributed by atoms with Crippen molar-refractivity contribution in [2.75, 3.05) is 6.61 Å². The zero-order chi connectivity index (χ0) is 7.42. The predicted molar refractivity (Wildman–Crippen MR) is 42.0 cm³/mol. The molecule has 2 N–H and O–H groups in total. The molecule has 2 heteroatoms. The van der Waals surface area contributed by atoms with E-state index >= 15 is 0 Å². The van der Waals surface area contributed by atoms with Crippen molar-refractivity contribution < 1.29 is 4.74 Å². The lowest BCUT2D eigenvalue weighted by atomic mass is 9.79. The van der Waals surface area contributed by atoms with Crippen LogP contribution in [0.25, 0.3) is 0 Å². The molecule has 2 nitrogen and oxygen atoms in total. The molecule has 2 saturated carbocycles. The van der Waals surface area contributed by atoms with E-state index in [1.165, 1.54) is 19.3 Å². The minimum absolute atomic E-state index is 0.514. The Labute approximate surface area is 67.1 Å². The zero-order valence-electron chi connectivity index (χ0n) is 6.70. The third kappa shape index (κ3) is 0.695. The SMILES string of the molecule is N[C@H]1[C@H]2C[C@H]3[C@@H]1CCO[C@H]3C2. The summed E-state index contributed by atoms with van der Waals surface area (Å²) in [5.41, 5.74) is 6.12. The Morgan fingerprint density at radius 2 is 2.09 bits per heavy atom. The molecular formula is C9H15NO. The Morgan fingerprint density at radius 3 is 2.82 bits per heavy atom. The van der Waals surface area contributed by atoms with E-state index in [0.29, 0.717) is 12.1 Å². The van der Waals surface area contributed by atoms with Crippen LogP contribution in [0, 0.1) is 17.8 Å². The first kappa shape index (κ1) is 6.44. The first-order valence-corrected chi connectivity index (χ1v) is 4.73. The van der Waals surface area contributed by atoms with Crippen molar-refractivity contribution in [3.63, 3.8) is 0 Å². The maximum absolute atomic E-state index is 6.12. The topological polar surface area (TPSA) is 35.2 Å². The minimum atomic E-state index is 0.514. The molecule has 1 aliphatic heterocycles. The van der Waals surface area contributed by atoms with Crippen molar-refractivity contribution in [3.05, 3.63) is 0 Å². The van der Waals surface area contributed by atoms with Gasteiger partial charge in [0, 0.05) is 12.6 Å². The fourth-order valence-electron chi connectivity index (χ4n) is 3.42. The zero-order valence-corrected chi connectivity index (χ0v) is 6.70. The smallest absolute Gasteiger partial charge is 0.0609 e. The van der Waals surface area contributed by atoms with E-state index in [0.717, 1.165) is 24.4 Å². The van der Waals surface area contributed by atoms with Crippen molar-refractivity contribution in [1.82, 2.24) is 0 Å². The second-order valence-electron chi connectivity index (χ2n) is 4.33. The van der Waals surface area contributed by atoms with Gasteiger partial charge in [-0.3, -0.25) is 0 Å². The molecule has 62 valence electrons. The van der Waals surface area contributed by atoms with Gasteiger partial charge in [-0.2, -0.15) is 0 Å². The molecule has 0 radical (unpaired) electrons. The Bertz CT molecular complexity index is 178. The first-order chi connectivity index (χ1) is 5.36. The van der Waals surface area contributed by atoms with Gasteiger partial charge in [0.25, 0.3) is 0 Å². The second kappa shape index (κ2) is 1.99. The van der Waals surface area contributed by atoms with Gasteiger partial charge in [-0.05, 0) is 37.0 Å². The van der Waals surface area contributed by atoms with Crippen molar-refractivity contribution in [2.45, 2.75) is 31.4 Å². The van der Waals surface area contributed by atoms with Gasteiger partial charge in [0.05, 0.1) is 6.10 Å². The quantitative estimate of drug-likeness (QED) is 0.557. The van der Waals surface area contributed by atoms with E-state index in [4.69, 9.17) is 10.5 Å². The number of hydrogen-bond donors (Lipinski definition) is 1. The lowest BCUT2D eigenvalue weighted by Gasteiger charge is -2.38. The Kier molecular flexibility index (Phi) is 1.16. The van der Waals surface area contributed by atoms with E-state index in [1.807, 2.05) is 0 Å². The van der Waals surface area contributed by atoms with Crippen LogP contribution >= 0.6 is 0 Å². The molecule has 0 aromatic carbocycles. The molecule has 0 spiro atoms. The van der Waals surface area contributed by atoms with Gasteiger partial charge in [-0.1, -0.05) is 0 Å². The highest BCUT2D eigenvalue weighted by Gasteiger charge is 2.53. The van der Waals surface area contributed by atoms with E-state index in [1.54, 1.807) is 0 Å². The summed E-state index contributed by atoms with van der Waals surface area (Å²) in [4.78, 5) is 0. The van der Waals surface area contributed by atoms with Gasteiger partial charge in [0.15, 0.2) is 0 Å². The largest absolute Gasteiger partial charge is 0.378 e. The highest BCUT2D eigenvalue weighted by molar-refractivity contribution is 5.05. The Hall–Kier alpha value is -0.0800. The van der Waals surface area contributed by atoms with E-state index in [9.17, 15) is 0 Å². The highest BCUT2D eigenvalue weighted by atomic mass is 16.5. The summed E-state index contributed by atoms with van der Waals surface area (Å²) in [6.45, 7) is 0.965. The molecule has 11 heavy (non-hydrogen) atoms. The lowest BCUT2D eigenvalue weighted by molar-refractivity contribution is -0.0564. The van der Waals surface area contributed by atoms with Crippen LogP contribution in [0.5, 0.6) is 0 Å². The number of nitrogens with two attached hydrogens (primary N) is 1. The van der Waals surface area contributed by atoms with Crippen LogP contribution < -0.4 is 5.73 Å². The molecule has 0 amide bonds. The molecule has 2 aliphatic carbocycles. The van der Waals surface area contributed by atoms with Crippen LogP contribution in [0.2, 0.25) is 0 Å². The van der Waals surface area contributed by atoms with Gasteiger partial charge in [-0.15, -0.1) is 0 Å². The van der Waals surface area contributed by atoms with Gasteiger partial charge in [0.1, 0.15) is 0 Å². The standard InChI is InChI=1S/C9H15NO/c10-9-5-3-7-6(9)1-2-11-8(7)4-5/h5-9H,1-4,10H2/t5-,6-,7-,8-,9-/m0/s1. The summed E-state index contributed by atoms with van der Waals surface area (Å²) >= 11 is 0. The van der Waals surface area contributed by atoms with Gasteiger partial charge in [-0.25, -0.2) is 0 Å². The Balaban J connectivity index is 1.92. The maximum Gasteiger partial charge on any atom is 0.0609 e. The normalized spacial score (nSPS) is 60.3. The van der Waals surface area contributed by atoms with Gasteiger partial charge in [0.2, 0.25) is 0 Å². The van der Waals surface area contributed by atoms with Crippen LogP contribution in [0.3, 0.4) is 0 Å². The summed E-state index contributed by atoms with van der Waals surface area (Å²) in [7, 11) is 0. The molecule has 5 atom stereocenters. The molecule has 1 saturated heterocycles. The minimum Gasteiger partial charge on any atom is -0.378 e. The van der Waals surface area contributed by atoms with E-state index in [-0.39, 0.29) is 0 Å². The second-order valence-corrected chi connectivity index (χ2v) is 4.33. The number of hydrogen-bond acceptors (Lipinski definition) is 2. The van der Waals surface area contributed by atoms with Crippen molar-refractivity contribution in [1.29, 1.82) is 0 Å². The van der Waals surface area contributed by atoms with Crippen LogP contribution in [-0.4, -0.2) is 18.8 Å². The number of fused-ring (bicyclic) bond motifs is 1. The highest BCUT2D eigenvalue weighted by Crippen LogP contribution is 2.52. The Morgan fingerprint density at radius 1 is 1.18 bits per heavy atom. The van der Waals surface area contributed by atoms with Gasteiger partial charge < -0.3 is 10.5 Å². The maximum atomic E-state index is 6.12. The summed E-state index contributed by atoms with van der Waals surface area (Å²) in [6.07, 6.45) is 4.43. The molecule has 3 aliphatic rings. The van der Waals surface area contributed by atoms with Crippen molar-refractivity contribution >= 4 is 0 Å². The predicted octanol–water partition coefficient (Wildman–Crippen LogP) is 0.759. The average Bonchev–Trinajstić information content (AvgIpc) is 2.53. The lowest BCUT2D eigenvalue weighted by Crippen LogP contribution is -2.45. The number of rotatable bonds is 0. The average molecular weight is 153 g/mol. The monoisotopic (exact) mass is 153 g/mol. The third-order valence-corrected chi connectivity index (χ3v) is 3.96. The molecular weight excluding hydrogens is 138 g/mol. The molecule has 3 fully saturated rings. The molecule has 3 rings (SSSR count). The van der Waals surface area contributed by atoms with Crippen molar-refractivity contribution in [2.24, 2.45) is 23.5 Å². The van der Waals surface area contributed by atoms with Crippen molar-refractivity contribution in [3.8, 4) is 0 Å². The van der Waals surface area contributed by atoms with Gasteiger partial charge >= 0.3 is 0 Å². The molecule has 0 aromatic rings. The summed E-state index contributed by atoms with van der Waals surface area (Å²) in [6, 6.07) is 0.514. The van der Waals surface area contributed by atoms with Crippen LogP contribution in [-0.2, 0) is 4.74 Å². The summed E-state index contributed by atoms with van der Waals surface area (Å²) in [5, 5.41) is 0. The molecule has 2 bridgehead atoms. The fraction of sp³-hybridized carbons (Fsp3) is 1.00. The van der Waals surface area contributed by atoms with Crippen LogP contribution in [0.15, 0.2) is 0 Å².